The summed E-state index contributed by atoms with van der Waals surface area (Å²) in [4.78, 5) is 21.9. The van der Waals surface area contributed by atoms with Gasteiger partial charge in [-0.15, -0.1) is 11.3 Å². The summed E-state index contributed by atoms with van der Waals surface area (Å²) in [6, 6.07) is 11.4. The molecule has 0 aliphatic heterocycles. The number of nitro groups is 1. The maximum absolute atomic E-state index is 12.5. The Morgan fingerprint density at radius 2 is 1.92 bits per heavy atom. The zero-order valence-corrected chi connectivity index (χ0v) is 15.0. The lowest BCUT2D eigenvalue weighted by atomic mass is 10.2. The van der Waals surface area contributed by atoms with Crippen LogP contribution in [0.1, 0.15) is 9.67 Å². The van der Waals surface area contributed by atoms with Crippen molar-refractivity contribution in [2.24, 2.45) is 0 Å². The number of para-hydroxylation sites is 1. The number of sulfonamides is 1. The summed E-state index contributed by atoms with van der Waals surface area (Å²) in [5.41, 5.74) is -0.283. The number of methoxy groups -OCH3 is 1. The second-order valence-corrected chi connectivity index (χ2v) is 7.92. The van der Waals surface area contributed by atoms with Gasteiger partial charge in [-0.25, -0.2) is 13.2 Å². The number of esters is 1. The van der Waals surface area contributed by atoms with Crippen molar-refractivity contribution in [2.45, 2.75) is 4.90 Å². The molecule has 8 nitrogen and oxygen atoms in total. The molecule has 26 heavy (non-hydrogen) atoms. The Kier molecular flexibility index (Phi) is 4.62. The maximum atomic E-state index is 12.5. The molecule has 1 heterocycles. The number of carbonyl (C=O) groups excluding carboxylic acids is 1. The predicted octanol–water partition coefficient (Wildman–Crippen LogP) is 3.40. The van der Waals surface area contributed by atoms with Gasteiger partial charge in [0.2, 0.25) is 0 Å². The highest BCUT2D eigenvalue weighted by molar-refractivity contribution is 7.92. The first kappa shape index (κ1) is 17.8. The molecule has 0 spiro atoms. The van der Waals surface area contributed by atoms with Crippen LogP contribution in [-0.2, 0) is 14.8 Å². The molecule has 0 unspecified atom stereocenters. The van der Waals surface area contributed by atoms with Gasteiger partial charge in [-0.3, -0.25) is 14.8 Å². The van der Waals surface area contributed by atoms with Crippen LogP contribution in [0, 0.1) is 10.1 Å². The Bertz CT molecular complexity index is 1120. The van der Waals surface area contributed by atoms with E-state index in [1.54, 1.807) is 18.2 Å². The number of nitro benzene ring substituents is 1. The Labute approximate surface area is 152 Å². The maximum Gasteiger partial charge on any atom is 0.348 e. The number of thiophene rings is 1. The van der Waals surface area contributed by atoms with Crippen molar-refractivity contribution in [1.82, 2.24) is 0 Å². The zero-order chi connectivity index (χ0) is 18.9. The number of rotatable bonds is 5. The highest BCUT2D eigenvalue weighted by Crippen LogP contribution is 2.30. The minimum atomic E-state index is -4.15. The fourth-order valence-electron chi connectivity index (χ4n) is 2.35. The smallest absolute Gasteiger partial charge is 0.348 e. The van der Waals surface area contributed by atoms with Crippen LogP contribution in [0.25, 0.3) is 10.1 Å². The van der Waals surface area contributed by atoms with Gasteiger partial charge in [0.25, 0.3) is 15.7 Å². The molecule has 0 saturated heterocycles. The second-order valence-electron chi connectivity index (χ2n) is 5.19. The standard InChI is InChI=1S/C16H12N2O6S2/c1-24-16(19)14-9-10-8-11(6-7-13(10)25-14)17-26(22,23)15-5-3-2-4-12(15)18(20)21/h2-9,17H,1H3. The molecule has 0 fully saturated rings. The Balaban J connectivity index is 1.98. The van der Waals surface area contributed by atoms with Crippen molar-refractivity contribution >= 4 is 48.8 Å². The van der Waals surface area contributed by atoms with Gasteiger partial charge < -0.3 is 4.74 Å². The molecule has 10 heteroatoms. The summed E-state index contributed by atoms with van der Waals surface area (Å²) >= 11 is 1.22. The van der Waals surface area contributed by atoms with Gasteiger partial charge in [0.05, 0.1) is 12.0 Å². The van der Waals surface area contributed by atoms with Crippen LogP contribution in [0.5, 0.6) is 0 Å². The van der Waals surface area contributed by atoms with E-state index in [0.717, 1.165) is 10.8 Å². The van der Waals surface area contributed by atoms with E-state index < -0.39 is 31.5 Å². The summed E-state index contributed by atoms with van der Waals surface area (Å²) in [6.45, 7) is 0. The van der Waals surface area contributed by atoms with Gasteiger partial charge in [-0.05, 0) is 35.7 Å². The van der Waals surface area contributed by atoms with Gasteiger partial charge in [0, 0.05) is 16.5 Å². The average Bonchev–Trinajstić information content (AvgIpc) is 3.04. The van der Waals surface area contributed by atoms with Crippen LogP contribution in [0.2, 0.25) is 0 Å². The van der Waals surface area contributed by atoms with Crippen molar-refractivity contribution in [1.29, 1.82) is 0 Å². The van der Waals surface area contributed by atoms with E-state index in [0.29, 0.717) is 10.3 Å². The third-order valence-corrected chi connectivity index (χ3v) is 6.03. The van der Waals surface area contributed by atoms with Gasteiger partial charge >= 0.3 is 5.97 Å². The number of anilines is 1. The van der Waals surface area contributed by atoms with E-state index in [-0.39, 0.29) is 5.69 Å². The molecule has 3 aromatic rings. The monoisotopic (exact) mass is 392 g/mol. The van der Waals surface area contributed by atoms with Crippen molar-refractivity contribution < 1.29 is 22.9 Å². The summed E-state index contributed by atoms with van der Waals surface area (Å²) in [5, 5.41) is 11.7. The highest BCUT2D eigenvalue weighted by Gasteiger charge is 2.25. The molecule has 1 N–H and O–H groups in total. The minimum Gasteiger partial charge on any atom is -0.465 e. The number of nitrogens with zero attached hydrogens (tertiary/aromatic N) is 1. The Hall–Kier alpha value is -2.98. The van der Waals surface area contributed by atoms with Gasteiger partial charge in [-0.1, -0.05) is 12.1 Å². The Morgan fingerprint density at radius 3 is 2.62 bits per heavy atom. The number of fused-ring (bicyclic) bond motifs is 1. The summed E-state index contributed by atoms with van der Waals surface area (Å²) in [5.74, 6) is -0.478. The van der Waals surface area contributed by atoms with Gasteiger partial charge in [-0.2, -0.15) is 0 Å². The first-order valence-electron chi connectivity index (χ1n) is 7.20. The summed E-state index contributed by atoms with van der Waals surface area (Å²) < 4.78 is 32.8. The molecule has 0 atom stereocenters. The van der Waals surface area contributed by atoms with Gasteiger partial charge in [0.1, 0.15) is 4.88 Å². The van der Waals surface area contributed by atoms with E-state index in [9.17, 15) is 23.3 Å². The van der Waals surface area contributed by atoms with E-state index >= 15 is 0 Å². The number of ether oxygens (including phenoxy) is 1. The highest BCUT2D eigenvalue weighted by atomic mass is 32.2. The molecule has 1 aromatic heterocycles. The quantitative estimate of drug-likeness (QED) is 0.404. The fourth-order valence-corrected chi connectivity index (χ4v) is 4.54. The third kappa shape index (κ3) is 3.37. The first-order chi connectivity index (χ1) is 12.3. The molecular weight excluding hydrogens is 380 g/mol. The molecule has 134 valence electrons. The number of benzene rings is 2. The lowest BCUT2D eigenvalue weighted by Gasteiger charge is -2.08. The Morgan fingerprint density at radius 1 is 1.19 bits per heavy atom. The molecule has 0 bridgehead atoms. The number of carbonyl (C=O) groups is 1. The molecular formula is C16H12N2O6S2. The molecule has 0 aliphatic rings. The SMILES string of the molecule is COC(=O)c1cc2cc(NS(=O)(=O)c3ccccc3[N+](=O)[O-])ccc2s1. The van der Waals surface area contributed by atoms with Crippen LogP contribution in [0.3, 0.4) is 0 Å². The molecule has 0 saturated carbocycles. The largest absolute Gasteiger partial charge is 0.465 e. The molecule has 0 amide bonds. The zero-order valence-electron chi connectivity index (χ0n) is 13.3. The number of hydrogen-bond acceptors (Lipinski definition) is 7. The van der Waals surface area contributed by atoms with Crippen molar-refractivity contribution in [3.63, 3.8) is 0 Å². The second kappa shape index (κ2) is 6.73. The van der Waals surface area contributed by atoms with Crippen LogP contribution in [0.4, 0.5) is 11.4 Å². The molecule has 0 aliphatic carbocycles. The lowest BCUT2D eigenvalue weighted by molar-refractivity contribution is -0.387. The average molecular weight is 392 g/mol. The first-order valence-corrected chi connectivity index (χ1v) is 9.50. The summed E-state index contributed by atoms with van der Waals surface area (Å²) in [7, 11) is -2.87. The van der Waals surface area contributed by atoms with Crippen molar-refractivity contribution in [3.05, 3.63) is 63.5 Å². The van der Waals surface area contributed by atoms with E-state index in [2.05, 4.69) is 9.46 Å². The van der Waals surface area contributed by atoms with Crippen LogP contribution in [-0.4, -0.2) is 26.4 Å². The van der Waals surface area contributed by atoms with Crippen LogP contribution in [0.15, 0.2) is 53.4 Å². The van der Waals surface area contributed by atoms with Crippen LogP contribution < -0.4 is 4.72 Å². The normalized spacial score (nSPS) is 11.3. The summed E-state index contributed by atoms with van der Waals surface area (Å²) in [6.07, 6.45) is 0. The number of nitrogens with one attached hydrogen (secondary N) is 1. The predicted molar refractivity (Wildman–Crippen MR) is 97.1 cm³/mol. The minimum absolute atomic E-state index is 0.227. The third-order valence-electron chi connectivity index (χ3n) is 3.51. The lowest BCUT2D eigenvalue weighted by Crippen LogP contribution is -2.14. The van der Waals surface area contributed by atoms with Crippen molar-refractivity contribution in [3.8, 4) is 0 Å². The van der Waals surface area contributed by atoms with Crippen LogP contribution >= 0.6 is 11.3 Å². The molecule has 2 aromatic carbocycles. The molecule has 3 rings (SSSR count). The fraction of sp³-hybridized carbons (Fsp3) is 0.0625. The van der Waals surface area contributed by atoms with Crippen molar-refractivity contribution in [2.75, 3.05) is 11.8 Å². The van der Waals surface area contributed by atoms with E-state index in [1.807, 2.05) is 0 Å². The topological polar surface area (TPSA) is 116 Å². The van der Waals surface area contributed by atoms with E-state index in [4.69, 9.17) is 0 Å². The van der Waals surface area contributed by atoms with Gasteiger partial charge in [0.15, 0.2) is 4.90 Å². The number of hydrogen-bond donors (Lipinski definition) is 1. The molecule has 0 radical (unpaired) electrons. The van der Waals surface area contributed by atoms with E-state index in [1.165, 1.54) is 42.7 Å².